The number of benzene rings is 1. The van der Waals surface area contributed by atoms with Gasteiger partial charge < -0.3 is 14.9 Å². The summed E-state index contributed by atoms with van der Waals surface area (Å²) in [7, 11) is 0. The maximum absolute atomic E-state index is 10.9. The third kappa shape index (κ3) is 1.82. The summed E-state index contributed by atoms with van der Waals surface area (Å²) >= 11 is 0. The lowest BCUT2D eigenvalue weighted by atomic mass is 9.91. The van der Waals surface area contributed by atoms with Gasteiger partial charge in [0.15, 0.2) is 0 Å². The van der Waals surface area contributed by atoms with E-state index < -0.39 is 11.6 Å². The second kappa shape index (κ2) is 3.90. The maximum Gasteiger partial charge on any atom is 0.307 e. The van der Waals surface area contributed by atoms with E-state index in [9.17, 15) is 9.90 Å². The fraction of sp³-hybridized carbons (Fsp3) is 0.500. The normalized spacial score (nSPS) is 21.6. The minimum absolute atomic E-state index is 0.0413. The number of hydrogen-bond acceptors (Lipinski definition) is 3. The van der Waals surface area contributed by atoms with Gasteiger partial charge in [-0.05, 0) is 44.4 Å². The Morgan fingerprint density at radius 1 is 1.28 bits per heavy atom. The quantitative estimate of drug-likeness (QED) is 0.846. The van der Waals surface area contributed by atoms with Gasteiger partial charge in [-0.25, -0.2) is 0 Å². The zero-order chi connectivity index (χ0) is 13.7. The number of hydrogen-bond donors (Lipinski definition) is 2. The summed E-state index contributed by atoms with van der Waals surface area (Å²) in [6.07, 6.45) is 0.482. The van der Waals surface area contributed by atoms with Crippen LogP contribution in [0.3, 0.4) is 0 Å². The Kier molecular flexibility index (Phi) is 2.76. The Bertz CT molecular complexity index is 494. The SMILES string of the molecule is Cc1c(C)c2c(c(C)c1O)CC(C)(CC(=O)O)O2. The van der Waals surface area contributed by atoms with Gasteiger partial charge in [0.05, 0.1) is 6.42 Å². The number of phenols is 1. The molecule has 2 rings (SSSR count). The van der Waals surface area contributed by atoms with Crippen molar-refractivity contribution >= 4 is 5.97 Å². The molecule has 0 amide bonds. The molecule has 0 aromatic heterocycles. The standard InChI is InChI=1S/C14H18O4/c1-7-8(2)13-10(9(3)12(7)17)5-14(4,18-13)6-11(15)16/h17H,5-6H2,1-4H3,(H,15,16). The molecule has 1 aromatic carbocycles. The molecule has 0 saturated carbocycles. The highest BCUT2D eigenvalue weighted by atomic mass is 16.5. The zero-order valence-corrected chi connectivity index (χ0v) is 11.1. The Balaban J connectivity index is 2.50. The summed E-state index contributed by atoms with van der Waals surface area (Å²) < 4.78 is 5.86. The highest BCUT2D eigenvalue weighted by Gasteiger charge is 2.39. The first-order valence-electron chi connectivity index (χ1n) is 5.97. The smallest absolute Gasteiger partial charge is 0.307 e. The van der Waals surface area contributed by atoms with E-state index in [1.165, 1.54) is 0 Å². The topological polar surface area (TPSA) is 66.8 Å². The molecule has 1 aromatic rings. The number of ether oxygens (including phenoxy) is 1. The van der Waals surface area contributed by atoms with Crippen molar-refractivity contribution in [3.8, 4) is 11.5 Å². The lowest BCUT2D eigenvalue weighted by Gasteiger charge is -2.22. The van der Waals surface area contributed by atoms with E-state index in [0.717, 1.165) is 28.0 Å². The van der Waals surface area contributed by atoms with Crippen molar-refractivity contribution in [3.63, 3.8) is 0 Å². The first-order valence-corrected chi connectivity index (χ1v) is 5.97. The molecule has 0 saturated heterocycles. The van der Waals surface area contributed by atoms with Crippen LogP contribution < -0.4 is 4.74 Å². The highest BCUT2D eigenvalue weighted by molar-refractivity contribution is 5.69. The molecular formula is C14H18O4. The summed E-state index contributed by atoms with van der Waals surface area (Å²) in [4.78, 5) is 10.9. The number of carboxylic acid groups (broad SMARTS) is 1. The van der Waals surface area contributed by atoms with Crippen LogP contribution in [0.25, 0.3) is 0 Å². The molecule has 4 heteroatoms. The van der Waals surface area contributed by atoms with E-state index in [2.05, 4.69) is 0 Å². The Hall–Kier alpha value is -1.71. The van der Waals surface area contributed by atoms with Crippen molar-refractivity contribution in [2.45, 2.75) is 46.1 Å². The molecule has 18 heavy (non-hydrogen) atoms. The van der Waals surface area contributed by atoms with E-state index in [1.807, 2.05) is 20.8 Å². The molecule has 1 atom stereocenters. The van der Waals surface area contributed by atoms with E-state index in [0.29, 0.717) is 6.42 Å². The van der Waals surface area contributed by atoms with Crippen LogP contribution in [0, 0.1) is 20.8 Å². The van der Waals surface area contributed by atoms with Crippen LogP contribution in [0.15, 0.2) is 0 Å². The van der Waals surface area contributed by atoms with Crippen molar-refractivity contribution in [2.75, 3.05) is 0 Å². The van der Waals surface area contributed by atoms with Gasteiger partial charge >= 0.3 is 5.97 Å². The number of phenolic OH excluding ortho intramolecular Hbond substituents is 1. The van der Waals surface area contributed by atoms with Gasteiger partial charge in [-0.2, -0.15) is 0 Å². The number of carboxylic acids is 1. The monoisotopic (exact) mass is 250 g/mol. The average Bonchev–Trinajstić information content (AvgIpc) is 2.60. The highest BCUT2D eigenvalue weighted by Crippen LogP contribution is 2.45. The molecule has 0 spiro atoms. The minimum Gasteiger partial charge on any atom is -0.507 e. The molecule has 1 aliphatic rings. The average molecular weight is 250 g/mol. The summed E-state index contributed by atoms with van der Waals surface area (Å²) in [5.41, 5.74) is 2.69. The van der Waals surface area contributed by atoms with Gasteiger partial charge in [0, 0.05) is 12.0 Å². The molecule has 4 nitrogen and oxygen atoms in total. The molecule has 98 valence electrons. The van der Waals surface area contributed by atoms with E-state index in [-0.39, 0.29) is 12.2 Å². The Morgan fingerprint density at radius 2 is 1.89 bits per heavy atom. The molecule has 0 aliphatic carbocycles. The van der Waals surface area contributed by atoms with E-state index in [1.54, 1.807) is 6.92 Å². The number of carbonyl (C=O) groups is 1. The van der Waals surface area contributed by atoms with Crippen LogP contribution in [0.2, 0.25) is 0 Å². The van der Waals surface area contributed by atoms with Crippen molar-refractivity contribution in [1.82, 2.24) is 0 Å². The third-order valence-electron chi connectivity index (χ3n) is 3.76. The van der Waals surface area contributed by atoms with Gasteiger partial charge in [0.25, 0.3) is 0 Å². The number of rotatable bonds is 2. The van der Waals surface area contributed by atoms with Gasteiger partial charge in [-0.15, -0.1) is 0 Å². The molecule has 1 aliphatic heterocycles. The van der Waals surface area contributed by atoms with Gasteiger partial charge in [-0.3, -0.25) is 4.79 Å². The van der Waals surface area contributed by atoms with Crippen molar-refractivity contribution in [3.05, 3.63) is 22.3 Å². The van der Waals surface area contributed by atoms with Crippen LogP contribution >= 0.6 is 0 Å². The molecule has 0 bridgehead atoms. The van der Waals surface area contributed by atoms with E-state index >= 15 is 0 Å². The predicted octanol–water partition coefficient (Wildman–Crippen LogP) is 2.49. The zero-order valence-electron chi connectivity index (χ0n) is 11.1. The van der Waals surface area contributed by atoms with Crippen LogP contribution in [0.5, 0.6) is 11.5 Å². The first kappa shape index (κ1) is 12.7. The predicted molar refractivity (Wildman–Crippen MR) is 67.3 cm³/mol. The number of aliphatic carboxylic acids is 1. The largest absolute Gasteiger partial charge is 0.507 e. The lowest BCUT2D eigenvalue weighted by Crippen LogP contribution is -2.33. The second-order valence-electron chi connectivity index (χ2n) is 5.33. The molecule has 0 fully saturated rings. The fourth-order valence-electron chi connectivity index (χ4n) is 2.59. The second-order valence-corrected chi connectivity index (χ2v) is 5.33. The van der Waals surface area contributed by atoms with Crippen LogP contribution in [0.4, 0.5) is 0 Å². The summed E-state index contributed by atoms with van der Waals surface area (Å²) in [6, 6.07) is 0. The molecule has 2 N–H and O–H groups in total. The first-order chi connectivity index (χ1) is 8.25. The van der Waals surface area contributed by atoms with Gasteiger partial charge in [-0.1, -0.05) is 0 Å². The fourth-order valence-corrected chi connectivity index (χ4v) is 2.59. The van der Waals surface area contributed by atoms with Crippen molar-refractivity contribution < 1.29 is 19.7 Å². The maximum atomic E-state index is 10.9. The summed E-state index contributed by atoms with van der Waals surface area (Å²) in [6.45, 7) is 7.37. The van der Waals surface area contributed by atoms with Gasteiger partial charge in [0.1, 0.15) is 17.1 Å². The molecule has 0 radical (unpaired) electrons. The third-order valence-corrected chi connectivity index (χ3v) is 3.76. The van der Waals surface area contributed by atoms with Crippen LogP contribution in [-0.4, -0.2) is 21.8 Å². The Labute approximate surface area is 106 Å². The summed E-state index contributed by atoms with van der Waals surface area (Å²) in [5, 5.41) is 19.0. The summed E-state index contributed by atoms with van der Waals surface area (Å²) in [5.74, 6) is 0.155. The molecule has 1 unspecified atom stereocenters. The van der Waals surface area contributed by atoms with Gasteiger partial charge in [0.2, 0.25) is 0 Å². The number of fused-ring (bicyclic) bond motifs is 1. The van der Waals surface area contributed by atoms with Crippen molar-refractivity contribution in [2.24, 2.45) is 0 Å². The Morgan fingerprint density at radius 3 is 2.44 bits per heavy atom. The molecule has 1 heterocycles. The number of aromatic hydroxyl groups is 1. The lowest BCUT2D eigenvalue weighted by molar-refractivity contribution is -0.140. The van der Waals surface area contributed by atoms with E-state index in [4.69, 9.17) is 9.84 Å². The minimum atomic E-state index is -0.874. The van der Waals surface area contributed by atoms with Crippen molar-refractivity contribution in [1.29, 1.82) is 0 Å². The van der Waals surface area contributed by atoms with Crippen LogP contribution in [-0.2, 0) is 11.2 Å². The molecular weight excluding hydrogens is 232 g/mol. The van der Waals surface area contributed by atoms with Crippen LogP contribution in [0.1, 0.15) is 35.6 Å².